The third-order valence-corrected chi connectivity index (χ3v) is 13.8. The summed E-state index contributed by atoms with van der Waals surface area (Å²) in [6.45, 7) is 32.1. The molecule has 2 atom stereocenters. The van der Waals surface area contributed by atoms with Gasteiger partial charge in [-0.05, 0) is 146 Å². The number of rotatable bonds is 9. The van der Waals surface area contributed by atoms with Gasteiger partial charge in [0.2, 0.25) is 0 Å². The fraction of sp³-hybridized carbons (Fsp3) is 0.810. The van der Waals surface area contributed by atoms with E-state index >= 15 is 0 Å². The Labute approximate surface area is 299 Å². The van der Waals surface area contributed by atoms with Crippen molar-refractivity contribution >= 4 is 11.9 Å². The molecule has 7 nitrogen and oxygen atoms in total. The molecule has 0 radical (unpaired) electrons. The van der Waals surface area contributed by atoms with Crippen LogP contribution in [-0.4, -0.2) is 73.3 Å². The molecule has 7 heteroatoms. The number of carboxylic acid groups (broad SMARTS) is 2. The summed E-state index contributed by atoms with van der Waals surface area (Å²) in [6.07, 6.45) is 4.37. The lowest BCUT2D eigenvalue weighted by atomic mass is 9.43. The minimum atomic E-state index is -2.02. The smallest absolute Gasteiger partial charge is 0.321 e. The number of carboxylic acids is 2. The number of carbonyl (C=O) groups is 2. The van der Waals surface area contributed by atoms with Gasteiger partial charge in [0.25, 0.3) is 0 Å². The number of aliphatic carboxylic acids is 2. The van der Waals surface area contributed by atoms with Gasteiger partial charge < -0.3 is 15.3 Å². The summed E-state index contributed by atoms with van der Waals surface area (Å²) in [4.78, 5) is 33.2. The first-order valence-electron chi connectivity index (χ1n) is 18.7. The van der Waals surface area contributed by atoms with E-state index in [1.165, 1.54) is 0 Å². The van der Waals surface area contributed by atoms with E-state index in [1.807, 2.05) is 0 Å². The molecule has 2 fully saturated rings. The molecule has 0 spiro atoms. The summed E-state index contributed by atoms with van der Waals surface area (Å²) in [5, 5.41) is 34.9. The Kier molecular flexibility index (Phi) is 10.8. The molecule has 0 aliphatic carbocycles. The minimum Gasteiger partial charge on any atom is -0.507 e. The van der Waals surface area contributed by atoms with Crippen molar-refractivity contribution in [2.24, 2.45) is 22.7 Å². The third kappa shape index (κ3) is 6.81. The minimum absolute atomic E-state index is 0.310. The van der Waals surface area contributed by atoms with Crippen LogP contribution in [0.2, 0.25) is 0 Å². The molecule has 0 bridgehead atoms. The monoisotopic (exact) mass is 685 g/mol. The van der Waals surface area contributed by atoms with Crippen LogP contribution in [0.1, 0.15) is 159 Å². The molecule has 0 aromatic heterocycles. The van der Waals surface area contributed by atoms with Gasteiger partial charge in [-0.15, -0.1) is 0 Å². The van der Waals surface area contributed by atoms with Gasteiger partial charge in [-0.2, -0.15) is 0 Å². The van der Waals surface area contributed by atoms with Crippen molar-refractivity contribution in [2.75, 3.05) is 14.1 Å². The van der Waals surface area contributed by atoms with Crippen LogP contribution < -0.4 is 0 Å². The van der Waals surface area contributed by atoms with Crippen LogP contribution in [0.4, 0.5) is 0 Å². The van der Waals surface area contributed by atoms with Crippen molar-refractivity contribution in [2.45, 2.75) is 182 Å². The third-order valence-electron chi connectivity index (χ3n) is 13.8. The molecule has 49 heavy (non-hydrogen) atoms. The average Bonchev–Trinajstić information content (AvgIpc) is 2.91. The number of nitrogens with zero attached hydrogens (tertiary/aromatic N) is 2. The average molecular weight is 685 g/mol. The number of phenols is 1. The van der Waals surface area contributed by atoms with Gasteiger partial charge in [-0.3, -0.25) is 19.4 Å². The molecule has 2 aliphatic rings. The second-order valence-electron chi connectivity index (χ2n) is 20.4. The lowest BCUT2D eigenvalue weighted by Gasteiger charge is -2.68. The molecule has 3 rings (SSSR count). The van der Waals surface area contributed by atoms with Crippen LogP contribution >= 0.6 is 0 Å². The number of hydrogen-bond donors (Lipinski definition) is 3. The van der Waals surface area contributed by atoms with Crippen molar-refractivity contribution in [1.29, 1.82) is 0 Å². The maximum Gasteiger partial charge on any atom is 0.321 e. The van der Waals surface area contributed by atoms with Crippen molar-refractivity contribution < 1.29 is 24.9 Å². The first-order chi connectivity index (χ1) is 21.9. The Morgan fingerprint density at radius 2 is 1.16 bits per heavy atom. The first kappa shape index (κ1) is 41.3. The number of benzene rings is 1. The zero-order chi connectivity index (χ0) is 38.1. The summed E-state index contributed by atoms with van der Waals surface area (Å²) < 4.78 is 0. The molecule has 2 saturated heterocycles. The van der Waals surface area contributed by atoms with Crippen LogP contribution in [-0.2, 0) is 26.8 Å². The Hall–Kier alpha value is -2.12. The van der Waals surface area contributed by atoms with Gasteiger partial charge in [-0.25, -0.2) is 0 Å². The highest BCUT2D eigenvalue weighted by Crippen LogP contribution is 2.65. The summed E-state index contributed by atoms with van der Waals surface area (Å²) in [5.74, 6) is -3.36. The molecule has 2 heterocycles. The van der Waals surface area contributed by atoms with Crippen molar-refractivity contribution in [3.8, 4) is 5.75 Å². The van der Waals surface area contributed by atoms with Crippen molar-refractivity contribution in [3.63, 3.8) is 0 Å². The quantitative estimate of drug-likeness (QED) is 0.223. The van der Waals surface area contributed by atoms with Gasteiger partial charge in [-0.1, -0.05) is 73.4 Å². The molecule has 0 amide bonds. The maximum atomic E-state index is 14.3. The largest absolute Gasteiger partial charge is 0.507 e. The Bertz CT molecular complexity index is 1340. The van der Waals surface area contributed by atoms with E-state index in [0.717, 1.165) is 29.5 Å². The van der Waals surface area contributed by atoms with Crippen molar-refractivity contribution in [3.05, 3.63) is 28.8 Å². The Morgan fingerprint density at radius 3 is 1.53 bits per heavy atom. The van der Waals surface area contributed by atoms with E-state index in [4.69, 9.17) is 0 Å². The van der Waals surface area contributed by atoms with Crippen LogP contribution in [0, 0.1) is 22.7 Å². The molecular weight excluding hydrogens is 612 g/mol. The number of phenolic OH excluding ortho intramolecular Hbond substituents is 1. The molecule has 1 aromatic rings. The number of piperidine rings is 2. The Balaban J connectivity index is 2.55. The highest BCUT2D eigenvalue weighted by molar-refractivity contribution is 5.99. The van der Waals surface area contributed by atoms with Gasteiger partial charge in [0.1, 0.15) is 5.75 Å². The van der Waals surface area contributed by atoms with Crippen molar-refractivity contribution in [1.82, 2.24) is 9.80 Å². The number of likely N-dealkylation sites (tertiary alicyclic amines) is 2. The van der Waals surface area contributed by atoms with Crippen LogP contribution in [0.3, 0.4) is 0 Å². The first-order valence-corrected chi connectivity index (χ1v) is 18.7. The summed E-state index contributed by atoms with van der Waals surface area (Å²) in [6, 6.07) is 4.24. The molecule has 2 aliphatic heterocycles. The van der Waals surface area contributed by atoms with E-state index in [9.17, 15) is 24.9 Å². The van der Waals surface area contributed by atoms with Crippen LogP contribution in [0.25, 0.3) is 0 Å². The lowest BCUT2D eigenvalue weighted by molar-refractivity contribution is -0.219. The SMILES string of the molecule is CCCCC1(Cc2cc(C(C)(C)C)c(O)c(C(C)(C)C)c2)C(C(C(=O)O)(C(=O)O)C2CC(C)(C)N(C)C(C)(C)C2)CC(C)(C)N(C)C1(C)C. The van der Waals surface area contributed by atoms with Gasteiger partial charge in [0, 0.05) is 22.2 Å². The fourth-order valence-corrected chi connectivity index (χ4v) is 10.4. The molecule has 2 unspecified atom stereocenters. The second-order valence-corrected chi connectivity index (χ2v) is 20.4. The highest BCUT2D eigenvalue weighted by Gasteiger charge is 2.71. The van der Waals surface area contributed by atoms with E-state index in [1.54, 1.807) is 0 Å². The zero-order valence-corrected chi connectivity index (χ0v) is 34.3. The normalized spacial score (nSPS) is 26.4. The molecular formula is C42H72N2O5. The predicted molar refractivity (Wildman–Crippen MR) is 202 cm³/mol. The predicted octanol–water partition coefficient (Wildman–Crippen LogP) is 9.27. The molecule has 1 aromatic carbocycles. The second kappa shape index (κ2) is 12.8. The van der Waals surface area contributed by atoms with E-state index in [0.29, 0.717) is 37.9 Å². The summed E-state index contributed by atoms with van der Waals surface area (Å²) >= 11 is 0. The van der Waals surface area contributed by atoms with E-state index in [-0.39, 0.29) is 10.8 Å². The van der Waals surface area contributed by atoms with Crippen LogP contribution in [0.5, 0.6) is 5.75 Å². The number of hydrogen-bond acceptors (Lipinski definition) is 5. The zero-order valence-electron chi connectivity index (χ0n) is 34.3. The lowest BCUT2D eigenvalue weighted by Crippen LogP contribution is -2.75. The summed E-state index contributed by atoms with van der Waals surface area (Å²) in [5.41, 5.74) is -2.51. The topological polar surface area (TPSA) is 101 Å². The van der Waals surface area contributed by atoms with Gasteiger partial charge >= 0.3 is 11.9 Å². The number of aromatic hydroxyl groups is 1. The van der Waals surface area contributed by atoms with Gasteiger partial charge in [0.15, 0.2) is 5.41 Å². The van der Waals surface area contributed by atoms with Crippen LogP contribution in [0.15, 0.2) is 12.1 Å². The summed E-state index contributed by atoms with van der Waals surface area (Å²) in [7, 11) is 4.22. The van der Waals surface area contributed by atoms with E-state index < -0.39 is 56.8 Å². The fourth-order valence-electron chi connectivity index (χ4n) is 10.4. The van der Waals surface area contributed by atoms with E-state index in [2.05, 4.69) is 140 Å². The molecule has 280 valence electrons. The Morgan fingerprint density at radius 1 is 0.755 bits per heavy atom. The maximum absolute atomic E-state index is 14.3. The van der Waals surface area contributed by atoms with Gasteiger partial charge in [0.05, 0.1) is 0 Å². The number of unbranched alkanes of at least 4 members (excludes halogenated alkanes) is 1. The standard InChI is InChI=1S/C42H72N2O5/c1-18-19-20-41(23-27-21-29(35(2,3)4)32(45)30(22-27)36(5,6)7)31(26-39(12,13)44(17)40(41,14)15)42(33(46)47,34(48)49)28-24-37(8,9)43(16)38(10,11)25-28/h21-22,28,31,45H,18-20,23-26H2,1-17H3,(H,46,47)(H,48,49). The molecule has 0 saturated carbocycles. The molecule has 3 N–H and O–H groups in total. The highest BCUT2D eigenvalue weighted by atomic mass is 16.4.